The molecule has 50 valence electrons. The van der Waals surface area contributed by atoms with Gasteiger partial charge in [0, 0.05) is 6.42 Å². The molecule has 0 amide bonds. The normalized spacial score (nSPS) is 26.7. The monoisotopic (exact) mass is 128 g/mol. The SMILES string of the molecule is O=C1CNC(C(=O)[O-])C1. The van der Waals surface area contributed by atoms with Gasteiger partial charge in [0.2, 0.25) is 0 Å². The quantitative estimate of drug-likeness (QED) is 0.430. The van der Waals surface area contributed by atoms with E-state index in [1.54, 1.807) is 0 Å². The lowest BCUT2D eigenvalue weighted by molar-refractivity contribution is -0.308. The van der Waals surface area contributed by atoms with Crippen LogP contribution in [0.3, 0.4) is 0 Å². The van der Waals surface area contributed by atoms with Gasteiger partial charge in [-0.3, -0.25) is 4.79 Å². The first-order chi connectivity index (χ1) is 4.20. The van der Waals surface area contributed by atoms with Crippen LogP contribution in [-0.4, -0.2) is 24.3 Å². The molecule has 1 aliphatic rings. The number of aliphatic carboxylic acids is 1. The average Bonchev–Trinajstić information content (AvgIpc) is 2.14. The van der Waals surface area contributed by atoms with E-state index in [0.717, 1.165) is 0 Å². The summed E-state index contributed by atoms with van der Waals surface area (Å²) in [6, 6.07) is -0.752. The van der Waals surface area contributed by atoms with Crippen LogP contribution in [0.4, 0.5) is 0 Å². The minimum atomic E-state index is -1.19. The molecule has 1 unspecified atom stereocenters. The van der Waals surface area contributed by atoms with E-state index in [2.05, 4.69) is 5.32 Å². The summed E-state index contributed by atoms with van der Waals surface area (Å²) in [6.45, 7) is 0.165. The van der Waals surface area contributed by atoms with Gasteiger partial charge in [0.15, 0.2) is 0 Å². The Balaban J connectivity index is 2.48. The van der Waals surface area contributed by atoms with Crippen LogP contribution >= 0.6 is 0 Å². The number of carboxylic acid groups (broad SMARTS) is 1. The van der Waals surface area contributed by atoms with Gasteiger partial charge < -0.3 is 15.2 Å². The molecule has 0 aromatic carbocycles. The number of hydrogen-bond donors (Lipinski definition) is 1. The molecule has 0 bridgehead atoms. The molecule has 1 saturated heterocycles. The Bertz CT molecular complexity index is 154. The Hall–Kier alpha value is -0.900. The second kappa shape index (κ2) is 2.14. The first-order valence-corrected chi connectivity index (χ1v) is 2.66. The highest BCUT2D eigenvalue weighted by Crippen LogP contribution is 1.98. The minimum Gasteiger partial charge on any atom is -0.548 e. The molecule has 0 saturated carbocycles. The zero-order valence-corrected chi connectivity index (χ0v) is 4.72. The van der Waals surface area contributed by atoms with Gasteiger partial charge in [0.1, 0.15) is 5.78 Å². The van der Waals surface area contributed by atoms with E-state index in [1.807, 2.05) is 0 Å². The van der Waals surface area contributed by atoms with Gasteiger partial charge in [-0.25, -0.2) is 0 Å². The van der Waals surface area contributed by atoms with E-state index in [1.165, 1.54) is 0 Å². The fourth-order valence-corrected chi connectivity index (χ4v) is 0.776. The molecule has 0 aliphatic carbocycles. The number of hydrogen-bond acceptors (Lipinski definition) is 4. The summed E-state index contributed by atoms with van der Waals surface area (Å²) < 4.78 is 0. The molecule has 1 rings (SSSR count). The van der Waals surface area contributed by atoms with E-state index >= 15 is 0 Å². The molecule has 0 aromatic rings. The van der Waals surface area contributed by atoms with Crippen LogP contribution in [0, 0.1) is 0 Å². The fourth-order valence-electron chi connectivity index (χ4n) is 0.776. The van der Waals surface area contributed by atoms with Crippen LogP contribution in [0.1, 0.15) is 6.42 Å². The molecular weight excluding hydrogens is 122 g/mol. The molecule has 1 atom stereocenters. The summed E-state index contributed by atoms with van der Waals surface area (Å²) in [7, 11) is 0. The second-order valence-corrected chi connectivity index (χ2v) is 2.00. The molecule has 9 heavy (non-hydrogen) atoms. The highest BCUT2D eigenvalue weighted by molar-refractivity contribution is 5.89. The maximum atomic E-state index is 10.4. The van der Waals surface area contributed by atoms with Gasteiger partial charge in [-0.05, 0) is 0 Å². The van der Waals surface area contributed by atoms with E-state index < -0.39 is 12.0 Å². The number of carbonyl (C=O) groups excluding carboxylic acids is 2. The van der Waals surface area contributed by atoms with Gasteiger partial charge in [-0.15, -0.1) is 0 Å². The van der Waals surface area contributed by atoms with Crippen molar-refractivity contribution in [1.29, 1.82) is 0 Å². The molecule has 1 aliphatic heterocycles. The van der Waals surface area contributed by atoms with E-state index in [0.29, 0.717) is 0 Å². The largest absolute Gasteiger partial charge is 0.548 e. The highest BCUT2D eigenvalue weighted by Gasteiger charge is 2.21. The molecule has 1 fully saturated rings. The fraction of sp³-hybridized carbons (Fsp3) is 0.600. The van der Waals surface area contributed by atoms with Crippen molar-refractivity contribution in [3.8, 4) is 0 Å². The van der Waals surface area contributed by atoms with Gasteiger partial charge in [-0.1, -0.05) is 0 Å². The Morgan fingerprint density at radius 3 is 2.67 bits per heavy atom. The maximum Gasteiger partial charge on any atom is 0.148 e. The molecular formula is C5H6NO3-. The average molecular weight is 128 g/mol. The summed E-state index contributed by atoms with van der Waals surface area (Å²) in [5.41, 5.74) is 0. The molecule has 4 heteroatoms. The van der Waals surface area contributed by atoms with Crippen molar-refractivity contribution >= 4 is 11.8 Å². The zero-order chi connectivity index (χ0) is 6.85. The third kappa shape index (κ3) is 1.26. The molecule has 0 aromatic heterocycles. The van der Waals surface area contributed by atoms with Gasteiger partial charge in [0.05, 0.1) is 18.6 Å². The number of ketones is 1. The van der Waals surface area contributed by atoms with Crippen LogP contribution in [-0.2, 0) is 9.59 Å². The Morgan fingerprint density at radius 2 is 2.44 bits per heavy atom. The summed E-state index contributed by atoms with van der Waals surface area (Å²) in [5, 5.41) is 12.5. The van der Waals surface area contributed by atoms with Gasteiger partial charge in [0.25, 0.3) is 0 Å². The molecule has 0 radical (unpaired) electrons. The van der Waals surface area contributed by atoms with Crippen molar-refractivity contribution in [3.05, 3.63) is 0 Å². The third-order valence-corrected chi connectivity index (χ3v) is 1.26. The summed E-state index contributed by atoms with van der Waals surface area (Å²) >= 11 is 0. The Morgan fingerprint density at radius 1 is 1.78 bits per heavy atom. The lowest BCUT2D eigenvalue weighted by Crippen LogP contribution is -2.41. The topological polar surface area (TPSA) is 69.2 Å². The van der Waals surface area contributed by atoms with Crippen molar-refractivity contribution in [3.63, 3.8) is 0 Å². The predicted molar refractivity (Wildman–Crippen MR) is 26.4 cm³/mol. The third-order valence-electron chi connectivity index (χ3n) is 1.26. The van der Waals surface area contributed by atoms with Crippen LogP contribution in [0.2, 0.25) is 0 Å². The van der Waals surface area contributed by atoms with E-state index in [4.69, 9.17) is 0 Å². The molecule has 1 heterocycles. The van der Waals surface area contributed by atoms with Crippen LogP contribution in [0.5, 0.6) is 0 Å². The van der Waals surface area contributed by atoms with Gasteiger partial charge in [-0.2, -0.15) is 0 Å². The van der Waals surface area contributed by atoms with Crippen molar-refractivity contribution in [2.24, 2.45) is 0 Å². The summed E-state index contributed by atoms with van der Waals surface area (Å²) in [5.74, 6) is -1.26. The first kappa shape index (κ1) is 6.22. The first-order valence-electron chi connectivity index (χ1n) is 2.66. The number of Topliss-reactive ketones (excluding diaryl/α,β-unsaturated/α-hetero) is 1. The Labute approximate surface area is 51.9 Å². The van der Waals surface area contributed by atoms with Crippen molar-refractivity contribution < 1.29 is 14.7 Å². The number of nitrogens with one attached hydrogen (secondary N) is 1. The summed E-state index contributed by atoms with van der Waals surface area (Å²) in [6.07, 6.45) is 0.0718. The zero-order valence-electron chi connectivity index (χ0n) is 4.72. The van der Waals surface area contributed by atoms with Gasteiger partial charge >= 0.3 is 0 Å². The van der Waals surface area contributed by atoms with Crippen molar-refractivity contribution in [2.45, 2.75) is 12.5 Å². The lowest BCUT2D eigenvalue weighted by atomic mass is 10.2. The lowest BCUT2D eigenvalue weighted by Gasteiger charge is -2.07. The standard InChI is InChI=1S/C5H7NO3/c7-3-1-4(5(8)9)6-2-3/h4,6H,1-2H2,(H,8,9)/p-1. The van der Waals surface area contributed by atoms with Crippen molar-refractivity contribution in [2.75, 3.05) is 6.54 Å². The number of carbonyl (C=O) groups is 2. The van der Waals surface area contributed by atoms with Crippen LogP contribution in [0.25, 0.3) is 0 Å². The molecule has 4 nitrogen and oxygen atoms in total. The number of rotatable bonds is 1. The Kier molecular flexibility index (Phi) is 1.48. The maximum absolute atomic E-state index is 10.4. The predicted octanol–water partition coefficient (Wildman–Crippen LogP) is -2.33. The van der Waals surface area contributed by atoms with Crippen LogP contribution < -0.4 is 10.4 Å². The van der Waals surface area contributed by atoms with E-state index in [9.17, 15) is 14.7 Å². The smallest absolute Gasteiger partial charge is 0.148 e. The van der Waals surface area contributed by atoms with E-state index in [-0.39, 0.29) is 18.7 Å². The minimum absolute atomic E-state index is 0.0656. The summed E-state index contributed by atoms with van der Waals surface area (Å²) in [4.78, 5) is 20.4. The number of carboxylic acids is 1. The van der Waals surface area contributed by atoms with Crippen LogP contribution in [0.15, 0.2) is 0 Å². The highest BCUT2D eigenvalue weighted by atomic mass is 16.4. The molecule has 1 N–H and O–H groups in total. The molecule has 0 spiro atoms. The van der Waals surface area contributed by atoms with Crippen molar-refractivity contribution in [1.82, 2.24) is 5.32 Å². The second-order valence-electron chi connectivity index (χ2n) is 2.00.